The topological polar surface area (TPSA) is 51.5 Å². The van der Waals surface area contributed by atoms with Crippen LogP contribution < -0.4 is 0 Å². The van der Waals surface area contributed by atoms with Crippen LogP contribution in [0, 0.1) is 5.92 Å². The molecule has 5 nitrogen and oxygen atoms in total. The van der Waals surface area contributed by atoms with Crippen LogP contribution >= 0.6 is 0 Å². The summed E-state index contributed by atoms with van der Waals surface area (Å²) >= 11 is 0. The van der Waals surface area contributed by atoms with Gasteiger partial charge in [-0.3, -0.25) is 9.59 Å². The lowest BCUT2D eigenvalue weighted by atomic mass is 9.72. The van der Waals surface area contributed by atoms with Gasteiger partial charge in [0, 0.05) is 54.5 Å². The van der Waals surface area contributed by atoms with E-state index in [9.17, 15) is 9.59 Å². The number of rotatable bonds is 3. The number of fused-ring (bicyclic) bond motifs is 2. The summed E-state index contributed by atoms with van der Waals surface area (Å²) in [7, 11) is 2.15. The van der Waals surface area contributed by atoms with Gasteiger partial charge in [0.2, 0.25) is 0 Å². The van der Waals surface area contributed by atoms with E-state index in [0.717, 1.165) is 19.4 Å². The molecule has 0 bridgehead atoms. The van der Waals surface area contributed by atoms with E-state index < -0.39 is 0 Å². The molecule has 5 heteroatoms. The van der Waals surface area contributed by atoms with E-state index in [-0.39, 0.29) is 18.0 Å². The third kappa shape index (κ3) is 3.27. The van der Waals surface area contributed by atoms with Crippen LogP contribution in [0.15, 0.2) is 24.4 Å². The molecule has 0 spiro atoms. The largest absolute Gasteiger partial charge is 0.462 e. The number of piperidine rings is 1. The predicted molar refractivity (Wildman–Crippen MR) is 117 cm³/mol. The highest BCUT2D eigenvalue weighted by Gasteiger charge is 2.42. The van der Waals surface area contributed by atoms with Crippen molar-refractivity contribution in [2.75, 3.05) is 13.6 Å². The van der Waals surface area contributed by atoms with Crippen molar-refractivity contribution < 1.29 is 14.3 Å². The number of Topliss-reactive ketones (excluding diaryl/α,β-unsaturated/α-hetero) is 1. The van der Waals surface area contributed by atoms with Crippen LogP contribution in [0.1, 0.15) is 69.0 Å². The van der Waals surface area contributed by atoms with E-state index in [2.05, 4.69) is 54.8 Å². The Hall–Kier alpha value is -2.14. The van der Waals surface area contributed by atoms with Crippen LogP contribution in [0.5, 0.6) is 0 Å². The van der Waals surface area contributed by atoms with Crippen molar-refractivity contribution in [3.8, 4) is 0 Å². The van der Waals surface area contributed by atoms with E-state index in [4.69, 9.17) is 4.74 Å². The Labute approximate surface area is 178 Å². The highest BCUT2D eigenvalue weighted by Crippen LogP contribution is 2.45. The Morgan fingerprint density at radius 3 is 2.70 bits per heavy atom. The average molecular weight is 409 g/mol. The number of hydrogen-bond donors (Lipinski definition) is 0. The number of likely N-dealkylation sites (tertiary alicyclic amines) is 1. The molecule has 5 rings (SSSR count). The van der Waals surface area contributed by atoms with Crippen molar-refractivity contribution >= 4 is 22.7 Å². The number of ketones is 1. The van der Waals surface area contributed by atoms with Crippen molar-refractivity contribution in [3.05, 3.63) is 35.5 Å². The van der Waals surface area contributed by atoms with Crippen molar-refractivity contribution in [3.63, 3.8) is 0 Å². The maximum atomic E-state index is 13.0. The molecule has 1 aromatic heterocycles. The van der Waals surface area contributed by atoms with Crippen LogP contribution in [0.4, 0.5) is 0 Å². The van der Waals surface area contributed by atoms with Gasteiger partial charge in [0.05, 0.1) is 5.92 Å². The fourth-order valence-corrected chi connectivity index (χ4v) is 5.96. The third-order valence-electron chi connectivity index (χ3n) is 7.54. The summed E-state index contributed by atoms with van der Waals surface area (Å²) in [6.45, 7) is 5.22. The minimum absolute atomic E-state index is 0.0719. The van der Waals surface area contributed by atoms with Gasteiger partial charge in [0.1, 0.15) is 11.9 Å². The molecule has 1 saturated heterocycles. The molecule has 0 radical (unpaired) electrons. The molecule has 2 aliphatic carbocycles. The third-order valence-corrected chi connectivity index (χ3v) is 7.54. The minimum atomic E-state index is -0.0992. The first-order valence-corrected chi connectivity index (χ1v) is 11.5. The molecule has 1 saturated carbocycles. The fraction of sp³-hybridized carbons (Fsp3) is 0.600. The number of likely N-dealkylation sites (N-methyl/N-ethyl adjacent to an activating group) is 1. The molecule has 0 amide bonds. The van der Waals surface area contributed by atoms with E-state index in [1.54, 1.807) is 0 Å². The van der Waals surface area contributed by atoms with E-state index in [0.29, 0.717) is 49.5 Å². The zero-order valence-electron chi connectivity index (χ0n) is 18.3. The molecular formula is C25H32N2O3. The quantitative estimate of drug-likeness (QED) is 0.713. The smallest absolute Gasteiger partial charge is 0.310 e. The highest BCUT2D eigenvalue weighted by molar-refractivity contribution is 5.89. The van der Waals surface area contributed by atoms with Gasteiger partial charge < -0.3 is 14.2 Å². The van der Waals surface area contributed by atoms with Crippen molar-refractivity contribution in [2.24, 2.45) is 5.92 Å². The molecule has 1 aromatic carbocycles. The number of esters is 1. The lowest BCUT2D eigenvalue weighted by Crippen LogP contribution is -2.50. The number of nitrogens with zero attached hydrogens (tertiary/aromatic N) is 2. The monoisotopic (exact) mass is 408 g/mol. The first kappa shape index (κ1) is 19.8. The fourth-order valence-electron chi connectivity index (χ4n) is 5.96. The molecule has 0 N–H and O–H groups in total. The summed E-state index contributed by atoms with van der Waals surface area (Å²) in [5.74, 6) is 0.477. The Morgan fingerprint density at radius 2 is 1.97 bits per heavy atom. The van der Waals surface area contributed by atoms with Crippen LogP contribution in [-0.4, -0.2) is 47.0 Å². The molecule has 0 unspecified atom stereocenters. The SMILES string of the molecule is CC(C)n1cc2c3c(cccc31)[C@H]1C[C@@H](C(=O)OC3CCC(=O)CC3)CN(C)[C@@H]1C2. The molecule has 2 fully saturated rings. The predicted octanol–water partition coefficient (Wildman–Crippen LogP) is 4.24. The van der Waals surface area contributed by atoms with Crippen molar-refractivity contribution in [1.29, 1.82) is 0 Å². The van der Waals surface area contributed by atoms with Gasteiger partial charge >= 0.3 is 5.97 Å². The Morgan fingerprint density at radius 1 is 1.20 bits per heavy atom. The highest BCUT2D eigenvalue weighted by atomic mass is 16.5. The number of hydrogen-bond acceptors (Lipinski definition) is 4. The van der Waals surface area contributed by atoms with E-state index in [1.807, 2.05) is 0 Å². The molecule has 160 valence electrons. The second kappa shape index (κ2) is 7.52. The summed E-state index contributed by atoms with van der Waals surface area (Å²) in [6, 6.07) is 7.53. The summed E-state index contributed by atoms with van der Waals surface area (Å²) in [5.41, 5.74) is 4.15. The van der Waals surface area contributed by atoms with Crippen molar-refractivity contribution in [2.45, 2.75) is 76.5 Å². The van der Waals surface area contributed by atoms with Crippen LogP contribution in [0.3, 0.4) is 0 Å². The Bertz CT molecular complexity index is 982. The van der Waals surface area contributed by atoms with Crippen LogP contribution in [0.2, 0.25) is 0 Å². The lowest BCUT2D eigenvalue weighted by molar-refractivity contribution is -0.159. The molecule has 1 aliphatic heterocycles. The molecule has 30 heavy (non-hydrogen) atoms. The summed E-state index contributed by atoms with van der Waals surface area (Å²) in [6.07, 6.45) is 6.62. The molecule has 3 atom stereocenters. The first-order chi connectivity index (χ1) is 14.4. The molecular weight excluding hydrogens is 376 g/mol. The zero-order chi connectivity index (χ0) is 21.0. The summed E-state index contributed by atoms with van der Waals surface area (Å²) in [5, 5.41) is 1.40. The summed E-state index contributed by atoms with van der Waals surface area (Å²) in [4.78, 5) is 26.9. The van der Waals surface area contributed by atoms with Crippen LogP contribution in [0.25, 0.3) is 10.9 Å². The normalized spacial score (nSPS) is 27.5. The lowest BCUT2D eigenvalue weighted by Gasteiger charge is -2.45. The molecule has 3 aliphatic rings. The Kier molecular flexibility index (Phi) is 4.97. The van der Waals surface area contributed by atoms with E-state index >= 15 is 0 Å². The van der Waals surface area contributed by atoms with Gasteiger partial charge in [-0.2, -0.15) is 0 Å². The van der Waals surface area contributed by atoms with Gasteiger partial charge in [-0.15, -0.1) is 0 Å². The van der Waals surface area contributed by atoms with Gasteiger partial charge in [-0.05, 0) is 63.8 Å². The second-order valence-electron chi connectivity index (χ2n) is 9.82. The number of benzene rings is 1. The van der Waals surface area contributed by atoms with Gasteiger partial charge in [-0.1, -0.05) is 12.1 Å². The molecule has 2 aromatic rings. The van der Waals surface area contributed by atoms with Gasteiger partial charge in [0.15, 0.2) is 0 Å². The zero-order valence-corrected chi connectivity index (χ0v) is 18.3. The Balaban J connectivity index is 1.40. The number of carbonyl (C=O) groups excluding carboxylic acids is 2. The number of ether oxygens (including phenoxy) is 1. The average Bonchev–Trinajstić information content (AvgIpc) is 3.10. The van der Waals surface area contributed by atoms with E-state index in [1.165, 1.54) is 22.0 Å². The maximum absolute atomic E-state index is 13.0. The van der Waals surface area contributed by atoms with Gasteiger partial charge in [-0.25, -0.2) is 0 Å². The standard InChI is InChI=1S/C25H32N2O3/c1-15(2)27-14-16-12-23-21(20-5-4-6-22(27)24(16)20)11-17(13-26(23)3)25(29)30-19-9-7-18(28)8-10-19/h4-6,14-15,17,19,21,23H,7-13H2,1-3H3/t17-,21-,23-/m1/s1. The van der Waals surface area contributed by atoms with Gasteiger partial charge in [0.25, 0.3) is 0 Å². The number of aromatic nitrogens is 1. The second-order valence-corrected chi connectivity index (χ2v) is 9.82. The summed E-state index contributed by atoms with van der Waals surface area (Å²) < 4.78 is 8.25. The number of carbonyl (C=O) groups is 2. The molecule has 2 heterocycles. The maximum Gasteiger partial charge on any atom is 0.310 e. The van der Waals surface area contributed by atoms with Crippen LogP contribution in [-0.2, 0) is 20.7 Å². The van der Waals surface area contributed by atoms with Crippen molar-refractivity contribution in [1.82, 2.24) is 9.47 Å². The first-order valence-electron chi connectivity index (χ1n) is 11.5. The minimum Gasteiger partial charge on any atom is -0.462 e.